The van der Waals surface area contributed by atoms with Crippen molar-refractivity contribution in [3.05, 3.63) is 0 Å². The Balaban J connectivity index is 1.81. The van der Waals surface area contributed by atoms with Gasteiger partial charge in [0.1, 0.15) is 5.60 Å². The fourth-order valence-corrected chi connectivity index (χ4v) is 2.08. The molecule has 1 unspecified atom stereocenters. The summed E-state index contributed by atoms with van der Waals surface area (Å²) in [5.74, 6) is 0. The largest absolute Gasteiger partial charge is 0.444 e. The molecule has 1 saturated carbocycles. The molecule has 0 aromatic heterocycles. The highest BCUT2D eigenvalue weighted by Crippen LogP contribution is 2.55. The molecule has 0 bridgehead atoms. The lowest BCUT2D eigenvalue weighted by atomic mass is 9.96. The van der Waals surface area contributed by atoms with Crippen molar-refractivity contribution >= 4 is 12.2 Å². The molecule has 2 aliphatic rings. The van der Waals surface area contributed by atoms with Crippen molar-refractivity contribution < 1.29 is 14.3 Å². The van der Waals surface area contributed by atoms with Gasteiger partial charge >= 0.3 is 6.09 Å². The fourth-order valence-electron chi connectivity index (χ4n) is 2.08. The number of likely N-dealkylation sites (tertiary alicyclic amines) is 1. The SMILES string of the molecule is CC(C)(C)OC(=O)N1CC2(CC2N=C=O)C1. The quantitative estimate of drug-likeness (QED) is 0.498. The molecule has 2 rings (SSSR count). The number of nitrogens with zero attached hydrogens (tertiary/aromatic N) is 2. The molecule has 5 nitrogen and oxygen atoms in total. The first-order chi connectivity index (χ1) is 7.36. The zero-order valence-electron chi connectivity index (χ0n) is 9.82. The zero-order valence-corrected chi connectivity index (χ0v) is 9.82. The fraction of sp³-hybridized carbons (Fsp3) is 0.818. The van der Waals surface area contributed by atoms with E-state index < -0.39 is 5.60 Å². The molecule has 88 valence electrons. The van der Waals surface area contributed by atoms with Gasteiger partial charge in [0.25, 0.3) is 0 Å². The van der Waals surface area contributed by atoms with Crippen molar-refractivity contribution in [2.24, 2.45) is 10.4 Å². The van der Waals surface area contributed by atoms with Crippen molar-refractivity contribution in [2.75, 3.05) is 13.1 Å². The van der Waals surface area contributed by atoms with Gasteiger partial charge in [0.2, 0.25) is 6.08 Å². The highest BCUT2D eigenvalue weighted by molar-refractivity contribution is 5.70. The van der Waals surface area contributed by atoms with Gasteiger partial charge in [0.15, 0.2) is 0 Å². The Hall–Kier alpha value is -1.35. The van der Waals surface area contributed by atoms with Gasteiger partial charge in [-0.2, -0.15) is 0 Å². The summed E-state index contributed by atoms with van der Waals surface area (Å²) in [4.78, 5) is 27.1. The van der Waals surface area contributed by atoms with E-state index in [1.807, 2.05) is 20.8 Å². The minimum atomic E-state index is -0.455. The van der Waals surface area contributed by atoms with Crippen LogP contribution in [0.15, 0.2) is 4.99 Å². The number of carbonyl (C=O) groups is 1. The van der Waals surface area contributed by atoms with Crippen LogP contribution in [-0.4, -0.2) is 41.8 Å². The lowest BCUT2D eigenvalue weighted by molar-refractivity contribution is -0.00696. The first kappa shape index (κ1) is 11.1. The van der Waals surface area contributed by atoms with Crippen LogP contribution >= 0.6 is 0 Å². The molecule has 1 spiro atoms. The number of amides is 1. The second-order valence-corrected chi connectivity index (χ2v) is 5.64. The van der Waals surface area contributed by atoms with Crippen LogP contribution in [0.4, 0.5) is 4.79 Å². The maximum Gasteiger partial charge on any atom is 0.410 e. The molecule has 5 heteroatoms. The Labute approximate surface area is 94.5 Å². The zero-order chi connectivity index (χ0) is 12.0. The Morgan fingerprint density at radius 3 is 2.62 bits per heavy atom. The van der Waals surface area contributed by atoms with Gasteiger partial charge in [-0.25, -0.2) is 14.6 Å². The number of hydrogen-bond donors (Lipinski definition) is 0. The van der Waals surface area contributed by atoms with Crippen LogP contribution < -0.4 is 0 Å². The summed E-state index contributed by atoms with van der Waals surface area (Å²) in [6, 6.07) is 0.0729. The number of aliphatic imine (C=N–C) groups is 1. The molecule has 1 heterocycles. The molecule has 1 aliphatic carbocycles. The summed E-state index contributed by atoms with van der Waals surface area (Å²) >= 11 is 0. The third-order valence-corrected chi connectivity index (χ3v) is 3.02. The average molecular weight is 224 g/mol. The Morgan fingerprint density at radius 2 is 2.12 bits per heavy atom. The third kappa shape index (κ3) is 1.95. The van der Waals surface area contributed by atoms with Crippen LogP contribution in [0.2, 0.25) is 0 Å². The second kappa shape index (κ2) is 3.32. The smallest absolute Gasteiger partial charge is 0.410 e. The lowest BCUT2D eigenvalue weighted by Crippen LogP contribution is -2.54. The molecule has 2 fully saturated rings. The summed E-state index contributed by atoms with van der Waals surface area (Å²) in [6.07, 6.45) is 2.19. The topological polar surface area (TPSA) is 59.0 Å². The van der Waals surface area contributed by atoms with E-state index in [1.54, 1.807) is 11.0 Å². The maximum atomic E-state index is 11.6. The van der Waals surface area contributed by atoms with Crippen LogP contribution in [-0.2, 0) is 9.53 Å². The monoisotopic (exact) mass is 224 g/mol. The van der Waals surface area contributed by atoms with Crippen LogP contribution in [0.5, 0.6) is 0 Å². The van der Waals surface area contributed by atoms with Crippen LogP contribution in [0, 0.1) is 5.41 Å². The molecule has 1 saturated heterocycles. The molecular weight excluding hydrogens is 208 g/mol. The van der Waals surface area contributed by atoms with Gasteiger partial charge in [-0.3, -0.25) is 0 Å². The normalized spacial score (nSPS) is 25.7. The van der Waals surface area contributed by atoms with Crippen molar-refractivity contribution in [1.29, 1.82) is 0 Å². The van der Waals surface area contributed by atoms with Crippen LogP contribution in [0.3, 0.4) is 0 Å². The Kier molecular flexibility index (Phi) is 2.31. The highest BCUT2D eigenvalue weighted by Gasteiger charge is 2.63. The third-order valence-electron chi connectivity index (χ3n) is 3.02. The molecule has 1 amide bonds. The molecule has 1 aliphatic heterocycles. The molecule has 16 heavy (non-hydrogen) atoms. The molecule has 0 N–H and O–H groups in total. The van der Waals surface area contributed by atoms with E-state index in [9.17, 15) is 9.59 Å². The standard InChI is InChI=1S/C11H16N2O3/c1-10(2,3)16-9(15)13-5-11(6-13)4-8(11)12-7-14/h8H,4-6H2,1-3H3. The van der Waals surface area contributed by atoms with Crippen molar-refractivity contribution in [2.45, 2.75) is 38.8 Å². The number of ether oxygens (including phenoxy) is 1. The van der Waals surface area contributed by atoms with E-state index in [0.29, 0.717) is 13.1 Å². The maximum absolute atomic E-state index is 11.6. The van der Waals surface area contributed by atoms with Gasteiger partial charge in [-0.1, -0.05) is 0 Å². The molecule has 1 atom stereocenters. The van der Waals surface area contributed by atoms with Crippen molar-refractivity contribution in [3.8, 4) is 0 Å². The Bertz CT molecular complexity index is 360. The molecular formula is C11H16N2O3. The number of rotatable bonds is 1. The van der Waals surface area contributed by atoms with Crippen molar-refractivity contribution in [1.82, 2.24) is 4.90 Å². The molecule has 0 aromatic rings. The van der Waals surface area contributed by atoms with Crippen molar-refractivity contribution in [3.63, 3.8) is 0 Å². The van der Waals surface area contributed by atoms with Gasteiger partial charge in [0.05, 0.1) is 6.04 Å². The minimum absolute atomic E-state index is 0.0638. The summed E-state index contributed by atoms with van der Waals surface area (Å²) in [5, 5.41) is 0. The lowest BCUT2D eigenvalue weighted by Gasteiger charge is -2.40. The molecule has 0 aromatic carbocycles. The van der Waals surface area contributed by atoms with Crippen LogP contribution in [0.1, 0.15) is 27.2 Å². The van der Waals surface area contributed by atoms with E-state index in [4.69, 9.17) is 4.74 Å². The first-order valence-electron chi connectivity index (χ1n) is 5.41. The average Bonchev–Trinajstić information content (AvgIpc) is 2.73. The van der Waals surface area contributed by atoms with E-state index in [1.165, 1.54) is 0 Å². The van der Waals surface area contributed by atoms with E-state index >= 15 is 0 Å². The summed E-state index contributed by atoms with van der Waals surface area (Å²) in [6.45, 7) is 6.83. The highest BCUT2D eigenvalue weighted by atomic mass is 16.6. The number of hydrogen-bond acceptors (Lipinski definition) is 4. The van der Waals surface area contributed by atoms with Gasteiger partial charge in [0, 0.05) is 18.5 Å². The summed E-state index contributed by atoms with van der Waals surface area (Å²) < 4.78 is 5.24. The second-order valence-electron chi connectivity index (χ2n) is 5.64. The summed E-state index contributed by atoms with van der Waals surface area (Å²) in [7, 11) is 0. The van der Waals surface area contributed by atoms with E-state index in [2.05, 4.69) is 4.99 Å². The predicted octanol–water partition coefficient (Wildman–Crippen LogP) is 1.33. The predicted molar refractivity (Wildman–Crippen MR) is 56.8 cm³/mol. The van der Waals surface area contributed by atoms with Gasteiger partial charge in [-0.05, 0) is 27.2 Å². The minimum Gasteiger partial charge on any atom is -0.444 e. The van der Waals surface area contributed by atoms with E-state index in [0.717, 1.165) is 6.42 Å². The summed E-state index contributed by atoms with van der Waals surface area (Å²) in [5.41, 5.74) is -0.391. The Morgan fingerprint density at radius 1 is 1.50 bits per heavy atom. The molecule has 0 radical (unpaired) electrons. The van der Waals surface area contributed by atoms with E-state index in [-0.39, 0.29) is 17.6 Å². The van der Waals surface area contributed by atoms with Gasteiger partial charge in [-0.15, -0.1) is 0 Å². The number of isocyanates is 1. The first-order valence-corrected chi connectivity index (χ1v) is 5.41. The van der Waals surface area contributed by atoms with Crippen LogP contribution in [0.25, 0.3) is 0 Å². The number of carbonyl (C=O) groups excluding carboxylic acids is 2. The van der Waals surface area contributed by atoms with Gasteiger partial charge < -0.3 is 9.64 Å².